The van der Waals surface area contributed by atoms with Gasteiger partial charge in [0.1, 0.15) is 24.7 Å². The zero-order valence-corrected chi connectivity index (χ0v) is 24.9. The van der Waals surface area contributed by atoms with Crippen molar-refractivity contribution in [2.75, 3.05) is 31.5 Å². The van der Waals surface area contributed by atoms with Crippen molar-refractivity contribution in [2.45, 2.75) is 13.8 Å². The number of halogens is 7. The molecule has 232 valence electrons. The van der Waals surface area contributed by atoms with Gasteiger partial charge in [0.15, 0.2) is 0 Å². The van der Waals surface area contributed by atoms with Crippen LogP contribution in [-0.4, -0.2) is 48.7 Å². The van der Waals surface area contributed by atoms with Gasteiger partial charge < -0.3 is 27.9 Å². The van der Waals surface area contributed by atoms with Crippen molar-refractivity contribution in [2.24, 2.45) is 0 Å². The van der Waals surface area contributed by atoms with Gasteiger partial charge in [0.25, 0.3) is 0 Å². The second-order valence-corrected chi connectivity index (χ2v) is 9.82. The lowest BCUT2D eigenvalue weighted by Crippen LogP contribution is -2.21. The van der Waals surface area contributed by atoms with E-state index >= 15 is 0 Å². The predicted octanol–water partition coefficient (Wildman–Crippen LogP) is 8.61. The first-order valence-corrected chi connectivity index (χ1v) is 14.3. The maximum atomic E-state index is 13.6. The van der Waals surface area contributed by atoms with E-state index in [4.69, 9.17) is 11.6 Å². The van der Waals surface area contributed by atoms with Crippen LogP contribution in [0.2, 0.25) is 5.02 Å². The van der Waals surface area contributed by atoms with Crippen LogP contribution in [-0.2, 0) is 0 Å². The number of pyridine rings is 1. The molecule has 12 heteroatoms. The molecule has 0 radical (unpaired) electrons. The summed E-state index contributed by atoms with van der Waals surface area (Å²) in [6.45, 7) is 7.10. The monoisotopic (exact) mass is 632 g/mol. The first-order valence-electron chi connectivity index (χ1n) is 13.9. The summed E-state index contributed by atoms with van der Waals surface area (Å²) in [4.78, 5) is 4.39. The normalized spacial score (nSPS) is 11.7. The highest BCUT2D eigenvalue weighted by atomic mass is 35.5. The minimum atomic E-state index is -6.00. The third kappa shape index (κ3) is 11.1. The van der Waals surface area contributed by atoms with Crippen molar-refractivity contribution in [1.29, 1.82) is 0 Å². The molecule has 0 unspecified atom stereocenters. The standard InChI is InChI=1S/C32H31ClF2N4.BF4/c1-3-39(4-2)32(24-10-15-27(35)16-11-24)7-5-6-29(23-8-13-26(34)14-9-23)37-20-21-38-30-18-19-36-31-22-25(33)12-17-28(30)31;2-1(3,4)5/h5-19,22H,3-4,20-21H2,1-2H3,(H,36,38);/q;-1/p+1. The highest BCUT2D eigenvalue weighted by molar-refractivity contribution is 6.50. The Labute approximate surface area is 257 Å². The molecule has 0 spiro atoms. The first-order chi connectivity index (χ1) is 21.0. The lowest BCUT2D eigenvalue weighted by Gasteiger charge is -2.13. The Balaban J connectivity index is 0.000000978. The zero-order chi connectivity index (χ0) is 32.1. The van der Waals surface area contributed by atoms with Gasteiger partial charge in [-0.2, -0.15) is 0 Å². The molecule has 0 aliphatic rings. The molecule has 4 nitrogen and oxygen atoms in total. The second kappa shape index (κ2) is 16.6. The van der Waals surface area contributed by atoms with Crippen molar-refractivity contribution >= 4 is 46.9 Å². The fourth-order valence-corrected chi connectivity index (χ4v) is 4.53. The summed E-state index contributed by atoms with van der Waals surface area (Å²) in [6, 6.07) is 20.5. The van der Waals surface area contributed by atoms with Crippen molar-refractivity contribution in [3.63, 3.8) is 0 Å². The molecule has 0 amide bonds. The number of fused-ring (bicyclic) bond motifs is 1. The van der Waals surface area contributed by atoms with E-state index in [1.54, 1.807) is 30.5 Å². The van der Waals surface area contributed by atoms with Gasteiger partial charge in [-0.15, -0.1) is 0 Å². The fourth-order valence-electron chi connectivity index (χ4n) is 4.36. The highest BCUT2D eigenvalue weighted by Crippen LogP contribution is 2.24. The molecule has 0 bridgehead atoms. The lowest BCUT2D eigenvalue weighted by atomic mass is 10.1. The number of hydrogen-bond acceptors (Lipinski definition) is 3. The van der Waals surface area contributed by atoms with Crippen LogP contribution < -0.4 is 10.6 Å². The van der Waals surface area contributed by atoms with Crippen LogP contribution in [0.15, 0.2) is 97.2 Å². The highest BCUT2D eigenvalue weighted by Gasteiger charge is 2.20. The van der Waals surface area contributed by atoms with Crippen LogP contribution in [0.4, 0.5) is 31.7 Å². The minimum absolute atomic E-state index is 0.263. The number of nitrogens with one attached hydrogen (secondary N) is 2. The summed E-state index contributed by atoms with van der Waals surface area (Å²) in [5.41, 5.74) is 5.48. The van der Waals surface area contributed by atoms with Gasteiger partial charge in [-0.05, 0) is 86.2 Å². The average molecular weight is 633 g/mol. The molecular weight excluding hydrogens is 601 g/mol. The van der Waals surface area contributed by atoms with Crippen molar-refractivity contribution in [3.8, 4) is 0 Å². The number of aromatic nitrogens is 1. The maximum Gasteiger partial charge on any atom is 0.673 e. The first kappa shape index (κ1) is 34.2. The Morgan fingerprint density at radius 3 is 2.02 bits per heavy atom. The number of nitrogens with zero attached hydrogens (tertiary/aromatic N) is 2. The molecule has 0 saturated carbocycles. The molecule has 0 aliphatic carbocycles. The van der Waals surface area contributed by atoms with Gasteiger partial charge in [-0.1, -0.05) is 29.8 Å². The van der Waals surface area contributed by atoms with E-state index in [0.717, 1.165) is 52.2 Å². The topological polar surface area (TPSA) is 40.0 Å². The predicted molar refractivity (Wildman–Crippen MR) is 169 cm³/mol. The van der Waals surface area contributed by atoms with Crippen LogP contribution in [0.1, 0.15) is 25.0 Å². The molecular formula is C32H32BClF6N4. The van der Waals surface area contributed by atoms with E-state index in [-0.39, 0.29) is 11.6 Å². The van der Waals surface area contributed by atoms with Gasteiger partial charge in [-0.3, -0.25) is 4.98 Å². The largest absolute Gasteiger partial charge is 0.673 e. The SMILES string of the molecule is CC[N+](CC)=C(/C=C/C=C(/NCCNc1ccnc2cc(Cl)ccc12)c1ccc(F)cc1)c1ccc(F)cc1.F[B-](F)(F)F. The fraction of sp³-hybridized carbons (Fsp3) is 0.188. The maximum absolute atomic E-state index is 13.6. The Hall–Kier alpha value is -4.25. The van der Waals surface area contributed by atoms with Crippen LogP contribution in [0.25, 0.3) is 16.6 Å². The number of anilines is 1. The molecule has 3 aromatic carbocycles. The molecule has 4 aromatic rings. The van der Waals surface area contributed by atoms with Gasteiger partial charge in [-0.25, -0.2) is 13.4 Å². The Kier molecular flexibility index (Phi) is 12.9. The Morgan fingerprint density at radius 1 is 0.841 bits per heavy atom. The average Bonchev–Trinajstić information content (AvgIpc) is 2.98. The van der Waals surface area contributed by atoms with Gasteiger partial charge in [0, 0.05) is 52.7 Å². The van der Waals surface area contributed by atoms with E-state index in [1.807, 2.05) is 42.5 Å². The molecule has 44 heavy (non-hydrogen) atoms. The number of rotatable bonds is 11. The summed E-state index contributed by atoms with van der Waals surface area (Å²) in [6.07, 6.45) is 7.73. The van der Waals surface area contributed by atoms with Crippen molar-refractivity contribution in [1.82, 2.24) is 10.3 Å². The molecule has 2 N–H and O–H groups in total. The third-order valence-electron chi connectivity index (χ3n) is 6.38. The summed E-state index contributed by atoms with van der Waals surface area (Å²) >= 11 is 6.11. The molecule has 0 fully saturated rings. The van der Waals surface area contributed by atoms with Gasteiger partial charge in [0.2, 0.25) is 5.71 Å². The molecule has 0 saturated heterocycles. The van der Waals surface area contributed by atoms with Crippen LogP contribution in [0.5, 0.6) is 0 Å². The summed E-state index contributed by atoms with van der Waals surface area (Å²) in [5, 5.41) is 8.59. The third-order valence-corrected chi connectivity index (χ3v) is 6.61. The Bertz CT molecular complexity index is 1590. The molecule has 0 atom stereocenters. The van der Waals surface area contributed by atoms with E-state index in [9.17, 15) is 26.0 Å². The molecule has 4 rings (SSSR count). The smallest absolute Gasteiger partial charge is 0.418 e. The van der Waals surface area contributed by atoms with E-state index in [1.165, 1.54) is 24.3 Å². The minimum Gasteiger partial charge on any atom is -0.418 e. The zero-order valence-electron chi connectivity index (χ0n) is 24.2. The summed E-state index contributed by atoms with van der Waals surface area (Å²) < 4.78 is 68.4. The van der Waals surface area contributed by atoms with E-state index < -0.39 is 7.25 Å². The van der Waals surface area contributed by atoms with Crippen molar-refractivity contribution in [3.05, 3.63) is 125 Å². The molecule has 1 heterocycles. The number of benzene rings is 3. The summed E-state index contributed by atoms with van der Waals surface area (Å²) in [5.74, 6) is -0.546. The van der Waals surface area contributed by atoms with E-state index in [0.29, 0.717) is 18.1 Å². The van der Waals surface area contributed by atoms with Gasteiger partial charge in [0.05, 0.1) is 5.52 Å². The van der Waals surface area contributed by atoms with E-state index in [2.05, 4.69) is 34.0 Å². The summed E-state index contributed by atoms with van der Waals surface area (Å²) in [7, 11) is -6.00. The van der Waals surface area contributed by atoms with Gasteiger partial charge >= 0.3 is 7.25 Å². The van der Waals surface area contributed by atoms with Crippen LogP contribution in [0, 0.1) is 11.6 Å². The van der Waals surface area contributed by atoms with Crippen LogP contribution in [0.3, 0.4) is 0 Å². The molecule has 1 aromatic heterocycles. The quantitative estimate of drug-likeness (QED) is 0.0435. The van der Waals surface area contributed by atoms with Crippen LogP contribution >= 0.6 is 11.6 Å². The second-order valence-electron chi connectivity index (χ2n) is 9.38. The molecule has 0 aliphatic heterocycles. The number of hydrogen-bond donors (Lipinski definition) is 2. The Morgan fingerprint density at radius 2 is 1.43 bits per heavy atom. The van der Waals surface area contributed by atoms with Crippen molar-refractivity contribution < 1.29 is 30.6 Å². The lowest BCUT2D eigenvalue weighted by molar-refractivity contribution is -0.519. The number of allylic oxidation sites excluding steroid dienone is 3.